The average molecular weight is 301 g/mol. The number of ether oxygens (including phenoxy) is 1. The van der Waals surface area contributed by atoms with Crippen LogP contribution in [0.3, 0.4) is 0 Å². The predicted octanol–water partition coefficient (Wildman–Crippen LogP) is 3.56. The van der Waals surface area contributed by atoms with Crippen molar-refractivity contribution >= 4 is 11.8 Å². The summed E-state index contributed by atoms with van der Waals surface area (Å²) in [6, 6.07) is 6.95. The van der Waals surface area contributed by atoms with Crippen LogP contribution in [0.4, 0.5) is 0 Å². The second-order valence-electron chi connectivity index (χ2n) is 6.02. The van der Waals surface area contributed by atoms with Crippen molar-refractivity contribution in [3.8, 4) is 11.3 Å². The largest absolute Gasteiger partial charge is 0.460 e. The number of hydrogen-bond acceptors (Lipinski definition) is 5. The molecule has 0 aliphatic heterocycles. The molecule has 0 N–H and O–H groups in total. The first-order valence-electron chi connectivity index (χ1n) is 7.02. The summed E-state index contributed by atoms with van der Waals surface area (Å²) in [5.41, 5.74) is 1.28. The van der Waals surface area contributed by atoms with E-state index in [1.165, 1.54) is 6.26 Å². The number of oxazole rings is 1. The van der Waals surface area contributed by atoms with Gasteiger partial charge in [-0.05, 0) is 26.8 Å². The number of nitrogens with zero attached hydrogens (tertiary/aromatic N) is 1. The van der Waals surface area contributed by atoms with E-state index >= 15 is 0 Å². The van der Waals surface area contributed by atoms with Gasteiger partial charge in [0.05, 0.1) is 0 Å². The molecule has 5 heteroatoms. The molecule has 0 spiro atoms. The molecule has 0 amide bonds. The van der Waals surface area contributed by atoms with Gasteiger partial charge in [-0.25, -0.2) is 4.98 Å². The highest BCUT2D eigenvalue weighted by Crippen LogP contribution is 2.20. The summed E-state index contributed by atoms with van der Waals surface area (Å²) in [6.45, 7) is 7.05. The minimum atomic E-state index is -0.600. The van der Waals surface area contributed by atoms with Gasteiger partial charge in [0.2, 0.25) is 0 Å². The van der Waals surface area contributed by atoms with Crippen LogP contribution in [-0.2, 0) is 9.53 Å². The summed E-state index contributed by atoms with van der Waals surface area (Å²) in [6.07, 6.45) is 1.26. The van der Waals surface area contributed by atoms with E-state index in [-0.39, 0.29) is 12.2 Å². The summed E-state index contributed by atoms with van der Waals surface area (Å²) in [7, 11) is 0. The summed E-state index contributed by atoms with van der Waals surface area (Å²) in [5.74, 6) is -0.253. The maximum atomic E-state index is 12.2. The number of aromatic nitrogens is 1. The van der Waals surface area contributed by atoms with Crippen LogP contribution in [0.1, 0.15) is 43.4 Å². The lowest BCUT2D eigenvalue weighted by atomic mass is 10.0. The molecule has 2 rings (SSSR count). The highest BCUT2D eigenvalue weighted by molar-refractivity contribution is 6.06. The molecule has 1 aromatic heterocycles. The highest BCUT2D eigenvalue weighted by atomic mass is 16.6. The zero-order valence-electron chi connectivity index (χ0n) is 13.2. The Hall–Kier alpha value is -2.43. The number of carbonyl (C=O) groups is 2. The van der Waals surface area contributed by atoms with Gasteiger partial charge in [0, 0.05) is 18.1 Å². The Morgan fingerprint density at radius 2 is 2.00 bits per heavy atom. The summed E-state index contributed by atoms with van der Waals surface area (Å²) < 4.78 is 10.3. The normalized spacial score (nSPS) is 11.3. The fraction of sp³-hybridized carbons (Fsp3) is 0.353. The topological polar surface area (TPSA) is 69.4 Å². The fourth-order valence-electron chi connectivity index (χ4n) is 1.96. The second-order valence-corrected chi connectivity index (χ2v) is 6.02. The van der Waals surface area contributed by atoms with Crippen molar-refractivity contribution in [1.29, 1.82) is 0 Å². The number of rotatable bonds is 4. The molecule has 2 aromatic rings. The molecule has 22 heavy (non-hydrogen) atoms. The third-order valence-electron chi connectivity index (χ3n) is 2.82. The lowest BCUT2D eigenvalue weighted by molar-refractivity contribution is -0.153. The lowest BCUT2D eigenvalue weighted by Crippen LogP contribution is -2.25. The quantitative estimate of drug-likeness (QED) is 0.490. The first-order valence-corrected chi connectivity index (χ1v) is 7.02. The SMILES string of the molecule is Cc1nc(-c2cccc(C(=O)CC(=O)OC(C)(C)C)c2)co1. The van der Waals surface area contributed by atoms with Gasteiger partial charge in [0.25, 0.3) is 0 Å². The molecule has 0 bridgehead atoms. The van der Waals surface area contributed by atoms with Gasteiger partial charge in [-0.2, -0.15) is 0 Å². The zero-order chi connectivity index (χ0) is 16.3. The van der Waals surface area contributed by atoms with Crippen molar-refractivity contribution in [3.05, 3.63) is 42.0 Å². The molecule has 5 nitrogen and oxygen atoms in total. The number of ketones is 1. The zero-order valence-corrected chi connectivity index (χ0v) is 13.2. The van der Waals surface area contributed by atoms with Crippen molar-refractivity contribution in [2.45, 2.75) is 39.7 Å². The van der Waals surface area contributed by atoms with E-state index < -0.39 is 11.6 Å². The molecule has 0 saturated heterocycles. The van der Waals surface area contributed by atoms with E-state index in [2.05, 4.69) is 4.98 Å². The second kappa shape index (κ2) is 6.13. The van der Waals surface area contributed by atoms with Gasteiger partial charge >= 0.3 is 5.97 Å². The number of carbonyl (C=O) groups excluding carboxylic acids is 2. The van der Waals surface area contributed by atoms with Gasteiger partial charge in [-0.15, -0.1) is 0 Å². The van der Waals surface area contributed by atoms with Crippen molar-refractivity contribution in [2.24, 2.45) is 0 Å². The molecular formula is C17H19NO4. The Bertz CT molecular complexity index is 695. The molecule has 0 aliphatic rings. The van der Waals surface area contributed by atoms with Crippen molar-refractivity contribution in [2.75, 3.05) is 0 Å². The smallest absolute Gasteiger partial charge is 0.314 e. The first-order chi connectivity index (χ1) is 10.2. The van der Waals surface area contributed by atoms with Crippen molar-refractivity contribution < 1.29 is 18.7 Å². The van der Waals surface area contributed by atoms with Crippen molar-refractivity contribution in [1.82, 2.24) is 4.98 Å². The lowest BCUT2D eigenvalue weighted by Gasteiger charge is -2.19. The number of benzene rings is 1. The van der Waals surface area contributed by atoms with Gasteiger partial charge in [-0.3, -0.25) is 9.59 Å². The van der Waals surface area contributed by atoms with E-state index in [0.29, 0.717) is 17.1 Å². The molecule has 0 fully saturated rings. The Morgan fingerprint density at radius 3 is 2.59 bits per heavy atom. The molecule has 1 heterocycles. The van der Waals surface area contributed by atoms with E-state index in [1.807, 2.05) is 6.07 Å². The average Bonchev–Trinajstić information content (AvgIpc) is 2.83. The van der Waals surface area contributed by atoms with E-state index in [0.717, 1.165) is 5.56 Å². The van der Waals surface area contributed by atoms with Crippen LogP contribution < -0.4 is 0 Å². The monoisotopic (exact) mass is 301 g/mol. The Kier molecular flexibility index (Phi) is 4.45. The van der Waals surface area contributed by atoms with E-state index in [9.17, 15) is 9.59 Å². The highest BCUT2D eigenvalue weighted by Gasteiger charge is 2.20. The van der Waals surface area contributed by atoms with E-state index in [1.54, 1.807) is 45.9 Å². The minimum absolute atomic E-state index is 0.279. The first kappa shape index (κ1) is 15.9. The Labute approximate surface area is 129 Å². The molecule has 0 atom stereocenters. The molecule has 0 radical (unpaired) electrons. The van der Waals surface area contributed by atoms with Gasteiger partial charge in [-0.1, -0.05) is 18.2 Å². The standard InChI is InChI=1S/C17H19NO4/c1-11-18-14(10-21-11)12-6-5-7-13(8-12)15(19)9-16(20)22-17(2,3)4/h5-8,10H,9H2,1-4H3. The summed E-state index contributed by atoms with van der Waals surface area (Å²) in [4.78, 5) is 28.1. The van der Waals surface area contributed by atoms with Crippen LogP contribution in [0.2, 0.25) is 0 Å². The number of hydrogen-bond donors (Lipinski definition) is 0. The van der Waals surface area contributed by atoms with Crippen LogP contribution in [0.25, 0.3) is 11.3 Å². The number of esters is 1. The minimum Gasteiger partial charge on any atom is -0.460 e. The maximum absolute atomic E-state index is 12.2. The van der Waals surface area contributed by atoms with Gasteiger partial charge in [0.15, 0.2) is 11.7 Å². The fourth-order valence-corrected chi connectivity index (χ4v) is 1.96. The summed E-state index contributed by atoms with van der Waals surface area (Å²) in [5, 5.41) is 0. The van der Waals surface area contributed by atoms with Crippen LogP contribution in [0, 0.1) is 6.92 Å². The molecular weight excluding hydrogens is 282 g/mol. The molecule has 0 unspecified atom stereocenters. The molecule has 0 saturated carbocycles. The number of Topliss-reactive ketones (excluding diaryl/α,β-unsaturated/α-hetero) is 1. The maximum Gasteiger partial charge on any atom is 0.314 e. The Morgan fingerprint density at radius 1 is 1.27 bits per heavy atom. The third-order valence-corrected chi connectivity index (χ3v) is 2.82. The van der Waals surface area contributed by atoms with Crippen LogP contribution in [-0.4, -0.2) is 22.3 Å². The Balaban J connectivity index is 2.12. The predicted molar refractivity (Wildman–Crippen MR) is 81.5 cm³/mol. The third kappa shape index (κ3) is 4.28. The van der Waals surface area contributed by atoms with Gasteiger partial charge < -0.3 is 9.15 Å². The van der Waals surface area contributed by atoms with Crippen LogP contribution >= 0.6 is 0 Å². The van der Waals surface area contributed by atoms with Crippen LogP contribution in [0.15, 0.2) is 34.9 Å². The number of aryl methyl sites for hydroxylation is 1. The molecule has 0 aliphatic carbocycles. The molecule has 1 aromatic carbocycles. The van der Waals surface area contributed by atoms with Crippen molar-refractivity contribution in [3.63, 3.8) is 0 Å². The van der Waals surface area contributed by atoms with Gasteiger partial charge in [0.1, 0.15) is 24.0 Å². The summed E-state index contributed by atoms with van der Waals surface area (Å²) >= 11 is 0. The van der Waals surface area contributed by atoms with E-state index in [4.69, 9.17) is 9.15 Å². The molecule has 116 valence electrons. The van der Waals surface area contributed by atoms with Crippen LogP contribution in [0.5, 0.6) is 0 Å².